The molecule has 0 amide bonds. The molecule has 0 spiro atoms. The molecular weight excluding hydrogens is 277 g/mol. The average Bonchev–Trinajstić information content (AvgIpc) is 2.74. The summed E-state index contributed by atoms with van der Waals surface area (Å²) in [5, 5.41) is 12.0. The smallest absolute Gasteiger partial charge is 0.381 e. The molecule has 102 valence electrons. The maximum absolute atomic E-state index is 12.7. The summed E-state index contributed by atoms with van der Waals surface area (Å²) < 4.78 is 38.0. The van der Waals surface area contributed by atoms with E-state index in [1.54, 1.807) is 0 Å². The van der Waals surface area contributed by atoms with Gasteiger partial charge in [0.05, 0.1) is 17.6 Å². The average molecular weight is 289 g/mol. The molecule has 0 saturated heterocycles. The molecule has 2 atom stereocenters. The van der Waals surface area contributed by atoms with Gasteiger partial charge in [-0.25, -0.2) is 0 Å². The maximum Gasteiger partial charge on any atom is 0.416 e. The molecule has 2 rings (SSSR count). The fourth-order valence-electron chi connectivity index (χ4n) is 2.34. The molecule has 1 aliphatic carbocycles. The summed E-state index contributed by atoms with van der Waals surface area (Å²) in [4.78, 5) is 0. The Morgan fingerprint density at radius 2 is 2.00 bits per heavy atom. The van der Waals surface area contributed by atoms with Gasteiger partial charge in [0, 0.05) is 16.8 Å². The quantitative estimate of drug-likeness (QED) is 0.872. The number of nitrogens with zero attached hydrogens (tertiary/aromatic N) is 1. The van der Waals surface area contributed by atoms with E-state index < -0.39 is 11.7 Å². The number of rotatable bonds is 2. The molecule has 1 fully saturated rings. The van der Waals surface area contributed by atoms with Crippen molar-refractivity contribution in [3.05, 3.63) is 28.8 Å². The molecule has 2 nitrogen and oxygen atoms in total. The van der Waals surface area contributed by atoms with E-state index in [-0.39, 0.29) is 17.0 Å². The van der Waals surface area contributed by atoms with Crippen LogP contribution >= 0.6 is 11.6 Å². The number of halogens is 4. The Kier molecular flexibility index (Phi) is 3.91. The third-order valence-corrected chi connectivity index (χ3v) is 3.48. The molecule has 0 radical (unpaired) electrons. The van der Waals surface area contributed by atoms with Crippen LogP contribution in [0.25, 0.3) is 0 Å². The zero-order chi connectivity index (χ0) is 14.0. The molecular formula is C13H12ClF3N2. The number of anilines is 1. The fourth-order valence-corrected chi connectivity index (χ4v) is 2.57. The second kappa shape index (κ2) is 5.30. The van der Waals surface area contributed by atoms with Crippen molar-refractivity contribution in [2.24, 2.45) is 5.92 Å². The molecule has 2 unspecified atom stereocenters. The van der Waals surface area contributed by atoms with Crippen LogP contribution in [0.15, 0.2) is 18.2 Å². The summed E-state index contributed by atoms with van der Waals surface area (Å²) in [5.74, 6) is -0.159. The van der Waals surface area contributed by atoms with Gasteiger partial charge in [0.2, 0.25) is 0 Å². The van der Waals surface area contributed by atoms with E-state index >= 15 is 0 Å². The molecule has 0 bridgehead atoms. The minimum Gasteiger partial charge on any atom is -0.381 e. The number of nitrogens with one attached hydrogen (secondary N) is 1. The van der Waals surface area contributed by atoms with Crippen molar-refractivity contribution in [1.82, 2.24) is 0 Å². The molecule has 0 aromatic heterocycles. The summed E-state index contributed by atoms with van der Waals surface area (Å²) in [6.45, 7) is 0. The van der Waals surface area contributed by atoms with Crippen LogP contribution in [0, 0.1) is 17.2 Å². The Morgan fingerprint density at radius 3 is 2.63 bits per heavy atom. The van der Waals surface area contributed by atoms with Crippen molar-refractivity contribution in [3.63, 3.8) is 0 Å². The Bertz CT molecular complexity index is 508. The predicted octanol–water partition coefficient (Wildman–Crippen LogP) is 4.46. The van der Waals surface area contributed by atoms with Gasteiger partial charge in [0.25, 0.3) is 0 Å². The highest BCUT2D eigenvalue weighted by atomic mass is 35.5. The molecule has 1 saturated carbocycles. The molecule has 6 heteroatoms. The number of hydrogen-bond donors (Lipinski definition) is 1. The van der Waals surface area contributed by atoms with Crippen LogP contribution < -0.4 is 5.32 Å². The van der Waals surface area contributed by atoms with Crippen LogP contribution in [0.4, 0.5) is 18.9 Å². The van der Waals surface area contributed by atoms with Gasteiger partial charge in [-0.05, 0) is 37.5 Å². The first-order valence-electron chi connectivity index (χ1n) is 5.94. The van der Waals surface area contributed by atoms with E-state index in [9.17, 15) is 13.2 Å². The first-order chi connectivity index (χ1) is 8.90. The summed E-state index contributed by atoms with van der Waals surface area (Å²) in [7, 11) is 0. The van der Waals surface area contributed by atoms with E-state index in [2.05, 4.69) is 11.4 Å². The van der Waals surface area contributed by atoms with E-state index in [0.717, 1.165) is 31.4 Å². The van der Waals surface area contributed by atoms with Crippen molar-refractivity contribution in [2.45, 2.75) is 31.5 Å². The molecule has 1 aliphatic rings. The molecule has 1 aromatic carbocycles. The monoisotopic (exact) mass is 288 g/mol. The van der Waals surface area contributed by atoms with Crippen molar-refractivity contribution >= 4 is 17.3 Å². The Labute approximate surface area is 114 Å². The summed E-state index contributed by atoms with van der Waals surface area (Å²) in [6.07, 6.45) is -1.96. The second-order valence-corrected chi connectivity index (χ2v) is 5.08. The van der Waals surface area contributed by atoms with Gasteiger partial charge >= 0.3 is 6.18 Å². The minimum atomic E-state index is -4.42. The van der Waals surface area contributed by atoms with E-state index in [1.165, 1.54) is 6.07 Å². The van der Waals surface area contributed by atoms with Gasteiger partial charge < -0.3 is 5.32 Å². The zero-order valence-corrected chi connectivity index (χ0v) is 10.7. The van der Waals surface area contributed by atoms with Gasteiger partial charge in [-0.15, -0.1) is 0 Å². The Morgan fingerprint density at radius 1 is 1.26 bits per heavy atom. The van der Waals surface area contributed by atoms with Crippen molar-refractivity contribution in [3.8, 4) is 6.07 Å². The highest BCUT2D eigenvalue weighted by molar-refractivity contribution is 6.30. The SMILES string of the molecule is N#CC1CCCC1Nc1cc(Cl)cc(C(F)(F)F)c1. The molecule has 0 heterocycles. The largest absolute Gasteiger partial charge is 0.416 e. The normalized spacial score (nSPS) is 23.1. The third kappa shape index (κ3) is 3.32. The lowest BCUT2D eigenvalue weighted by Crippen LogP contribution is -2.23. The molecule has 1 aromatic rings. The number of alkyl halides is 3. The lowest BCUT2D eigenvalue weighted by Gasteiger charge is -2.18. The lowest BCUT2D eigenvalue weighted by atomic mass is 10.1. The van der Waals surface area contributed by atoms with Gasteiger partial charge in [0.15, 0.2) is 0 Å². The van der Waals surface area contributed by atoms with Gasteiger partial charge in [-0.1, -0.05) is 11.6 Å². The first kappa shape index (κ1) is 14.0. The lowest BCUT2D eigenvalue weighted by molar-refractivity contribution is -0.137. The summed E-state index contributed by atoms with van der Waals surface area (Å²) >= 11 is 5.71. The van der Waals surface area contributed by atoms with Crippen molar-refractivity contribution in [2.75, 3.05) is 5.32 Å². The number of hydrogen-bond acceptors (Lipinski definition) is 2. The van der Waals surface area contributed by atoms with E-state index in [1.807, 2.05) is 0 Å². The number of nitriles is 1. The molecule has 19 heavy (non-hydrogen) atoms. The highest BCUT2D eigenvalue weighted by Gasteiger charge is 2.32. The standard InChI is InChI=1S/C13H12ClF3N2/c14-10-4-9(13(15,16)17)5-11(6-10)19-12-3-1-2-8(12)7-18/h4-6,8,12,19H,1-3H2. The van der Waals surface area contributed by atoms with E-state index in [0.29, 0.717) is 5.69 Å². The minimum absolute atomic E-state index is 0.0313. The zero-order valence-electron chi connectivity index (χ0n) is 9.97. The third-order valence-electron chi connectivity index (χ3n) is 3.26. The van der Waals surface area contributed by atoms with Gasteiger partial charge in [-0.2, -0.15) is 18.4 Å². The van der Waals surface area contributed by atoms with Crippen LogP contribution in [0.3, 0.4) is 0 Å². The maximum atomic E-state index is 12.7. The first-order valence-corrected chi connectivity index (χ1v) is 6.32. The fraction of sp³-hybridized carbons (Fsp3) is 0.462. The Balaban J connectivity index is 2.21. The van der Waals surface area contributed by atoms with Gasteiger partial charge in [0.1, 0.15) is 0 Å². The second-order valence-electron chi connectivity index (χ2n) is 4.64. The predicted molar refractivity (Wildman–Crippen MR) is 66.8 cm³/mol. The Hall–Kier alpha value is -1.41. The highest BCUT2D eigenvalue weighted by Crippen LogP contribution is 2.35. The summed E-state index contributed by atoms with van der Waals surface area (Å²) in [5.41, 5.74) is -0.471. The van der Waals surface area contributed by atoms with Crippen LogP contribution in [0.5, 0.6) is 0 Å². The molecule has 1 N–H and O–H groups in total. The van der Waals surface area contributed by atoms with Crippen LogP contribution in [0.2, 0.25) is 5.02 Å². The van der Waals surface area contributed by atoms with Crippen LogP contribution in [-0.2, 0) is 6.18 Å². The molecule has 0 aliphatic heterocycles. The van der Waals surface area contributed by atoms with Crippen molar-refractivity contribution in [1.29, 1.82) is 5.26 Å². The number of benzene rings is 1. The van der Waals surface area contributed by atoms with Crippen LogP contribution in [-0.4, -0.2) is 6.04 Å². The van der Waals surface area contributed by atoms with E-state index in [4.69, 9.17) is 16.9 Å². The summed E-state index contributed by atoms with van der Waals surface area (Å²) in [6, 6.07) is 5.44. The van der Waals surface area contributed by atoms with Crippen molar-refractivity contribution < 1.29 is 13.2 Å². The van der Waals surface area contributed by atoms with Crippen LogP contribution in [0.1, 0.15) is 24.8 Å². The topological polar surface area (TPSA) is 35.8 Å². The van der Waals surface area contributed by atoms with Gasteiger partial charge in [-0.3, -0.25) is 0 Å².